The van der Waals surface area contributed by atoms with Crippen molar-refractivity contribution in [1.82, 2.24) is 4.90 Å². The second kappa shape index (κ2) is 6.78. The molecule has 0 bridgehead atoms. The Morgan fingerprint density at radius 3 is 2.33 bits per heavy atom. The first-order chi connectivity index (χ1) is 10.0. The lowest BCUT2D eigenvalue weighted by molar-refractivity contribution is -0.0338. The molecule has 0 aliphatic carbocycles. The van der Waals surface area contributed by atoms with Crippen LogP contribution in [-0.4, -0.2) is 18.5 Å². The van der Waals surface area contributed by atoms with Gasteiger partial charge in [0.1, 0.15) is 0 Å². The number of nitrogens with zero attached hydrogens (tertiary/aromatic N) is 1. The number of likely N-dealkylation sites (N-methyl/N-ethyl adjacent to an activating group) is 1. The van der Waals surface area contributed by atoms with Gasteiger partial charge in [-0.05, 0) is 18.2 Å². The van der Waals surface area contributed by atoms with E-state index in [1.165, 1.54) is 12.1 Å². The zero-order chi connectivity index (χ0) is 15.3. The number of hydrogen-bond acceptors (Lipinski definition) is 2. The molecular weight excluding hydrogens is 270 g/mol. The fourth-order valence-corrected chi connectivity index (χ4v) is 2.33. The van der Waals surface area contributed by atoms with Crippen molar-refractivity contribution < 1.29 is 8.78 Å². The molecule has 0 amide bonds. The summed E-state index contributed by atoms with van der Waals surface area (Å²) in [5.41, 5.74) is 7.64. The van der Waals surface area contributed by atoms with Crippen LogP contribution in [0.3, 0.4) is 0 Å². The molecule has 0 heterocycles. The summed E-state index contributed by atoms with van der Waals surface area (Å²) in [7, 11) is 1.70. The predicted molar refractivity (Wildman–Crippen MR) is 81.0 cm³/mol. The molecule has 112 valence electrons. The third-order valence-corrected chi connectivity index (χ3v) is 3.34. The molecule has 2 rings (SSSR count). The van der Waals surface area contributed by atoms with Crippen LogP contribution in [0.2, 0.25) is 0 Å². The molecule has 0 unspecified atom stereocenters. The summed E-state index contributed by atoms with van der Waals surface area (Å²) >= 11 is 0. The van der Waals surface area contributed by atoms with Crippen LogP contribution in [-0.2, 0) is 19.0 Å². The summed E-state index contributed by atoms with van der Waals surface area (Å²) < 4.78 is 28.4. The Kier molecular flexibility index (Phi) is 5.04. The van der Waals surface area contributed by atoms with Crippen LogP contribution in [0.15, 0.2) is 54.6 Å². The first-order valence-corrected chi connectivity index (χ1v) is 6.91. The summed E-state index contributed by atoms with van der Waals surface area (Å²) in [6.45, 7) is 0.609. The number of halogens is 2. The quantitative estimate of drug-likeness (QED) is 0.884. The second-order valence-electron chi connectivity index (χ2n) is 5.27. The van der Waals surface area contributed by atoms with Gasteiger partial charge in [0.25, 0.3) is 5.92 Å². The van der Waals surface area contributed by atoms with E-state index in [1.807, 2.05) is 24.3 Å². The highest BCUT2D eigenvalue weighted by molar-refractivity contribution is 5.24. The molecule has 4 heteroatoms. The van der Waals surface area contributed by atoms with E-state index in [1.54, 1.807) is 30.1 Å². The summed E-state index contributed by atoms with van der Waals surface area (Å²) in [5, 5.41) is 0. The Morgan fingerprint density at radius 2 is 1.67 bits per heavy atom. The molecule has 0 atom stereocenters. The van der Waals surface area contributed by atoms with E-state index in [9.17, 15) is 8.78 Å². The van der Waals surface area contributed by atoms with Gasteiger partial charge in [0.15, 0.2) is 0 Å². The monoisotopic (exact) mass is 290 g/mol. The van der Waals surface area contributed by atoms with Crippen molar-refractivity contribution in [2.45, 2.75) is 19.0 Å². The lowest BCUT2D eigenvalue weighted by Crippen LogP contribution is -2.32. The normalized spacial score (nSPS) is 11.9. The molecule has 0 spiro atoms. The minimum Gasteiger partial charge on any atom is -0.326 e. The van der Waals surface area contributed by atoms with Crippen molar-refractivity contribution in [3.8, 4) is 0 Å². The molecule has 0 aliphatic heterocycles. The van der Waals surface area contributed by atoms with Crippen LogP contribution in [0.4, 0.5) is 8.78 Å². The Balaban J connectivity index is 2.02. The molecular formula is C17H20F2N2. The van der Waals surface area contributed by atoms with Gasteiger partial charge < -0.3 is 5.73 Å². The first kappa shape index (κ1) is 15.6. The third kappa shape index (κ3) is 4.34. The van der Waals surface area contributed by atoms with Crippen LogP contribution in [0.1, 0.15) is 16.7 Å². The molecule has 0 radical (unpaired) electrons. The maximum Gasteiger partial charge on any atom is 0.285 e. The SMILES string of the molecule is CN(Cc1cccc(CN)c1)CC(F)(F)c1ccccc1. The van der Waals surface area contributed by atoms with Crippen LogP contribution < -0.4 is 5.73 Å². The number of nitrogens with two attached hydrogens (primary N) is 1. The fourth-order valence-electron chi connectivity index (χ4n) is 2.33. The van der Waals surface area contributed by atoms with E-state index < -0.39 is 5.92 Å². The van der Waals surface area contributed by atoms with Gasteiger partial charge in [0, 0.05) is 18.7 Å². The zero-order valence-corrected chi connectivity index (χ0v) is 12.1. The average molecular weight is 290 g/mol. The van der Waals surface area contributed by atoms with Crippen molar-refractivity contribution in [2.75, 3.05) is 13.6 Å². The summed E-state index contributed by atoms with van der Waals surface area (Å²) in [4.78, 5) is 1.63. The smallest absolute Gasteiger partial charge is 0.285 e. The summed E-state index contributed by atoms with van der Waals surface area (Å²) in [6, 6.07) is 15.6. The van der Waals surface area contributed by atoms with Crippen LogP contribution in [0.25, 0.3) is 0 Å². The highest BCUT2D eigenvalue weighted by Crippen LogP contribution is 2.28. The molecule has 0 saturated carbocycles. The number of benzene rings is 2. The van der Waals surface area contributed by atoms with E-state index in [2.05, 4.69) is 0 Å². The number of rotatable bonds is 6. The zero-order valence-electron chi connectivity index (χ0n) is 12.1. The van der Waals surface area contributed by atoms with E-state index >= 15 is 0 Å². The topological polar surface area (TPSA) is 29.3 Å². The van der Waals surface area contributed by atoms with Crippen molar-refractivity contribution in [2.24, 2.45) is 5.73 Å². The highest BCUT2D eigenvalue weighted by Gasteiger charge is 2.32. The fraction of sp³-hybridized carbons (Fsp3) is 0.294. The van der Waals surface area contributed by atoms with Gasteiger partial charge in [-0.3, -0.25) is 4.90 Å². The van der Waals surface area contributed by atoms with E-state index in [0.717, 1.165) is 11.1 Å². The molecule has 0 aliphatic rings. The number of alkyl halides is 2. The van der Waals surface area contributed by atoms with Crippen LogP contribution in [0, 0.1) is 0 Å². The van der Waals surface area contributed by atoms with Gasteiger partial charge in [0.05, 0.1) is 6.54 Å². The Bertz CT molecular complexity index is 570. The van der Waals surface area contributed by atoms with Crippen LogP contribution in [0.5, 0.6) is 0 Å². The van der Waals surface area contributed by atoms with Crippen LogP contribution >= 0.6 is 0 Å². The van der Waals surface area contributed by atoms with E-state index in [4.69, 9.17) is 5.73 Å². The molecule has 21 heavy (non-hydrogen) atoms. The standard InChI is InChI=1S/C17H20F2N2/c1-21(12-15-7-5-6-14(10-15)11-20)13-17(18,19)16-8-3-2-4-9-16/h2-10H,11-13,20H2,1H3. The van der Waals surface area contributed by atoms with E-state index in [0.29, 0.717) is 13.1 Å². The maximum absolute atomic E-state index is 14.2. The Labute approximate surface area is 124 Å². The maximum atomic E-state index is 14.2. The lowest BCUT2D eigenvalue weighted by atomic mass is 10.1. The van der Waals surface area contributed by atoms with Gasteiger partial charge in [0.2, 0.25) is 0 Å². The van der Waals surface area contributed by atoms with E-state index in [-0.39, 0.29) is 12.1 Å². The Morgan fingerprint density at radius 1 is 1.00 bits per heavy atom. The minimum atomic E-state index is -2.86. The highest BCUT2D eigenvalue weighted by atomic mass is 19.3. The minimum absolute atomic E-state index is 0.0487. The van der Waals surface area contributed by atoms with Crippen molar-refractivity contribution in [3.63, 3.8) is 0 Å². The molecule has 0 saturated heterocycles. The molecule has 2 aromatic carbocycles. The van der Waals surface area contributed by atoms with Gasteiger partial charge in [-0.25, -0.2) is 0 Å². The molecule has 2 aromatic rings. The van der Waals surface area contributed by atoms with Gasteiger partial charge in [-0.2, -0.15) is 8.78 Å². The van der Waals surface area contributed by atoms with Crippen molar-refractivity contribution in [3.05, 3.63) is 71.3 Å². The summed E-state index contributed by atoms with van der Waals surface area (Å²) in [5.74, 6) is -2.86. The first-order valence-electron chi connectivity index (χ1n) is 6.91. The molecule has 0 aromatic heterocycles. The predicted octanol–water partition coefficient (Wildman–Crippen LogP) is 3.37. The van der Waals surface area contributed by atoms with Crippen molar-refractivity contribution in [1.29, 1.82) is 0 Å². The third-order valence-electron chi connectivity index (χ3n) is 3.34. The summed E-state index contributed by atoms with van der Waals surface area (Å²) in [6.07, 6.45) is 0. The number of hydrogen-bond donors (Lipinski definition) is 1. The molecule has 2 N–H and O–H groups in total. The second-order valence-corrected chi connectivity index (χ2v) is 5.27. The molecule has 0 fully saturated rings. The van der Waals surface area contributed by atoms with Crippen molar-refractivity contribution >= 4 is 0 Å². The molecule has 2 nitrogen and oxygen atoms in total. The largest absolute Gasteiger partial charge is 0.326 e. The lowest BCUT2D eigenvalue weighted by Gasteiger charge is -2.24. The van der Waals surface area contributed by atoms with Gasteiger partial charge in [-0.15, -0.1) is 0 Å². The van der Waals surface area contributed by atoms with Gasteiger partial charge >= 0.3 is 0 Å². The Hall–Kier alpha value is -1.78. The van der Waals surface area contributed by atoms with Gasteiger partial charge in [-0.1, -0.05) is 54.6 Å². The average Bonchev–Trinajstić information content (AvgIpc) is 2.47.